The highest BCUT2D eigenvalue weighted by molar-refractivity contribution is 6.32. The van der Waals surface area contributed by atoms with E-state index in [0.717, 1.165) is 12.1 Å². The lowest BCUT2D eigenvalue weighted by molar-refractivity contribution is -0.137. The van der Waals surface area contributed by atoms with Crippen LogP contribution in [-0.4, -0.2) is 44.3 Å². The summed E-state index contributed by atoms with van der Waals surface area (Å²) in [5.74, 6) is 0.464. The fourth-order valence-corrected chi connectivity index (χ4v) is 4.09. The maximum Gasteiger partial charge on any atom is 0.416 e. The summed E-state index contributed by atoms with van der Waals surface area (Å²) in [6, 6.07) is 14.1. The van der Waals surface area contributed by atoms with E-state index in [1.807, 2.05) is 41.3 Å². The molecule has 1 aliphatic rings. The number of anilines is 1. The second kappa shape index (κ2) is 10.1. The van der Waals surface area contributed by atoms with Crippen molar-refractivity contribution in [1.29, 1.82) is 0 Å². The molecule has 1 aromatic carbocycles. The van der Waals surface area contributed by atoms with Gasteiger partial charge in [-0.2, -0.15) is 13.2 Å². The van der Waals surface area contributed by atoms with Gasteiger partial charge in [-0.3, -0.25) is 9.97 Å². The molecular formula is C25H20ClF3N6O. The Hall–Kier alpha value is -3.79. The third kappa shape index (κ3) is 5.23. The van der Waals surface area contributed by atoms with Crippen LogP contribution in [0.2, 0.25) is 5.02 Å². The Morgan fingerprint density at radius 2 is 1.53 bits per heavy atom. The Kier molecular flexibility index (Phi) is 6.69. The number of halogens is 4. The summed E-state index contributed by atoms with van der Waals surface area (Å²) >= 11 is 6.09. The van der Waals surface area contributed by atoms with Crippen LogP contribution in [-0.2, 0) is 6.18 Å². The fraction of sp³-hybridized carbons (Fsp3) is 0.240. The van der Waals surface area contributed by atoms with Gasteiger partial charge in [0.25, 0.3) is 0 Å². The molecular weight excluding hydrogens is 493 g/mol. The Labute approximate surface area is 210 Å². The number of alkyl halides is 3. The smallest absolute Gasteiger partial charge is 0.416 e. The van der Waals surface area contributed by atoms with Crippen LogP contribution >= 0.6 is 11.6 Å². The van der Waals surface area contributed by atoms with E-state index in [9.17, 15) is 13.2 Å². The van der Waals surface area contributed by atoms with Gasteiger partial charge in [-0.1, -0.05) is 23.7 Å². The lowest BCUT2D eigenvalue weighted by Crippen LogP contribution is -2.39. The predicted molar refractivity (Wildman–Crippen MR) is 129 cm³/mol. The van der Waals surface area contributed by atoms with Crippen LogP contribution in [0.4, 0.5) is 19.1 Å². The topological polar surface area (TPSA) is 76.9 Å². The molecule has 0 saturated carbocycles. The number of rotatable bonds is 5. The van der Waals surface area contributed by atoms with Crippen molar-refractivity contribution in [2.45, 2.75) is 25.1 Å². The molecule has 5 rings (SSSR count). The van der Waals surface area contributed by atoms with Crippen LogP contribution in [0.5, 0.6) is 5.75 Å². The number of nitrogens with zero attached hydrogens (tertiary/aromatic N) is 6. The molecule has 0 amide bonds. The molecule has 0 N–H and O–H groups in total. The minimum Gasteiger partial charge on any atom is -0.489 e. The van der Waals surface area contributed by atoms with Gasteiger partial charge >= 0.3 is 6.18 Å². The zero-order chi connectivity index (χ0) is 25.1. The molecule has 0 spiro atoms. The van der Waals surface area contributed by atoms with E-state index in [0.29, 0.717) is 54.7 Å². The van der Waals surface area contributed by atoms with Crippen LogP contribution in [0.3, 0.4) is 0 Å². The van der Waals surface area contributed by atoms with E-state index in [1.165, 1.54) is 6.07 Å². The lowest BCUT2D eigenvalue weighted by Gasteiger charge is -2.32. The maximum atomic E-state index is 13.1. The summed E-state index contributed by atoms with van der Waals surface area (Å²) in [5, 5.41) is 8.90. The van der Waals surface area contributed by atoms with Crippen LogP contribution < -0.4 is 9.64 Å². The van der Waals surface area contributed by atoms with Gasteiger partial charge in [-0.05, 0) is 42.5 Å². The van der Waals surface area contributed by atoms with Crippen molar-refractivity contribution in [3.05, 3.63) is 77.6 Å². The quantitative estimate of drug-likeness (QED) is 0.338. The fourth-order valence-electron chi connectivity index (χ4n) is 3.93. The molecule has 1 fully saturated rings. The molecule has 0 bridgehead atoms. The number of ether oxygens (including phenoxy) is 1. The Balaban J connectivity index is 1.34. The van der Waals surface area contributed by atoms with Gasteiger partial charge in [0.05, 0.1) is 22.0 Å². The van der Waals surface area contributed by atoms with E-state index in [4.69, 9.17) is 21.3 Å². The summed E-state index contributed by atoms with van der Waals surface area (Å²) in [5.41, 5.74) is 1.57. The molecule has 1 saturated heterocycles. The van der Waals surface area contributed by atoms with E-state index < -0.39 is 11.7 Å². The Bertz CT molecular complexity index is 1330. The molecule has 36 heavy (non-hydrogen) atoms. The molecule has 1 aliphatic heterocycles. The Morgan fingerprint density at radius 3 is 2.14 bits per heavy atom. The van der Waals surface area contributed by atoms with E-state index >= 15 is 0 Å². The summed E-state index contributed by atoms with van der Waals surface area (Å²) < 4.78 is 45.1. The first kappa shape index (κ1) is 23.9. The van der Waals surface area contributed by atoms with Gasteiger partial charge in [-0.25, -0.2) is 4.98 Å². The van der Waals surface area contributed by atoms with Gasteiger partial charge in [0.1, 0.15) is 23.2 Å². The van der Waals surface area contributed by atoms with Crippen LogP contribution in [0.25, 0.3) is 22.8 Å². The van der Waals surface area contributed by atoms with Gasteiger partial charge in [0.15, 0.2) is 0 Å². The Morgan fingerprint density at radius 1 is 0.861 bits per heavy atom. The van der Waals surface area contributed by atoms with Crippen LogP contribution in [0.1, 0.15) is 18.4 Å². The van der Waals surface area contributed by atoms with Crippen LogP contribution in [0, 0.1) is 0 Å². The predicted octanol–water partition coefficient (Wildman–Crippen LogP) is 5.72. The largest absolute Gasteiger partial charge is 0.489 e. The second-order valence-electron chi connectivity index (χ2n) is 8.19. The van der Waals surface area contributed by atoms with Gasteiger partial charge in [-0.15, -0.1) is 10.2 Å². The molecule has 7 nitrogen and oxygen atoms in total. The summed E-state index contributed by atoms with van der Waals surface area (Å²) in [7, 11) is 0. The van der Waals surface area contributed by atoms with E-state index in [1.54, 1.807) is 12.4 Å². The van der Waals surface area contributed by atoms with Crippen molar-refractivity contribution < 1.29 is 17.9 Å². The first-order valence-corrected chi connectivity index (χ1v) is 11.6. The summed E-state index contributed by atoms with van der Waals surface area (Å²) in [6.45, 7) is 1.07. The number of hydrogen-bond donors (Lipinski definition) is 0. The molecule has 0 aliphatic carbocycles. The average molecular weight is 513 g/mol. The highest BCUT2D eigenvalue weighted by atomic mass is 35.5. The summed E-state index contributed by atoms with van der Waals surface area (Å²) in [4.78, 5) is 15.5. The molecule has 0 radical (unpaired) electrons. The highest BCUT2D eigenvalue weighted by Gasteiger charge is 2.32. The normalized spacial score (nSPS) is 14.6. The standard InChI is InChI=1S/C25H20ClF3N6O/c26-18-8-7-16(25(27,28)29)15-21(18)36-17-9-13-35(14-10-17)24-32-22(19-5-1-3-11-30-19)23(33-34-24)20-6-2-4-12-31-20/h1-8,11-12,15,17H,9-10,13-14H2. The molecule has 184 valence electrons. The van der Waals surface area contributed by atoms with Gasteiger partial charge in [0.2, 0.25) is 5.95 Å². The number of hydrogen-bond acceptors (Lipinski definition) is 7. The second-order valence-corrected chi connectivity index (χ2v) is 8.59. The lowest BCUT2D eigenvalue weighted by atomic mass is 10.1. The van der Waals surface area contributed by atoms with Crippen molar-refractivity contribution in [2.24, 2.45) is 0 Å². The first-order valence-electron chi connectivity index (χ1n) is 11.2. The van der Waals surface area contributed by atoms with E-state index in [-0.39, 0.29) is 16.9 Å². The summed E-state index contributed by atoms with van der Waals surface area (Å²) in [6.07, 6.45) is -0.301. The van der Waals surface area contributed by atoms with Gasteiger partial charge in [0, 0.05) is 38.3 Å². The van der Waals surface area contributed by atoms with Gasteiger partial charge < -0.3 is 9.64 Å². The molecule has 4 heterocycles. The molecule has 0 unspecified atom stereocenters. The highest BCUT2D eigenvalue weighted by Crippen LogP contribution is 2.36. The number of pyridine rings is 2. The number of aromatic nitrogens is 5. The van der Waals surface area contributed by atoms with Crippen molar-refractivity contribution in [3.63, 3.8) is 0 Å². The molecule has 3 aromatic heterocycles. The average Bonchev–Trinajstić information content (AvgIpc) is 2.90. The van der Waals surface area contributed by atoms with Crippen molar-refractivity contribution >= 4 is 17.5 Å². The van der Waals surface area contributed by atoms with Crippen molar-refractivity contribution in [2.75, 3.05) is 18.0 Å². The third-order valence-electron chi connectivity index (χ3n) is 5.77. The number of benzene rings is 1. The monoisotopic (exact) mass is 512 g/mol. The minimum atomic E-state index is -4.47. The first-order chi connectivity index (χ1) is 17.4. The molecule has 0 atom stereocenters. The zero-order valence-electron chi connectivity index (χ0n) is 18.9. The van der Waals surface area contributed by atoms with E-state index in [2.05, 4.69) is 20.2 Å². The van der Waals surface area contributed by atoms with Crippen molar-refractivity contribution in [1.82, 2.24) is 25.1 Å². The SMILES string of the molecule is FC(F)(F)c1ccc(Cl)c(OC2CCN(c3nnc(-c4ccccn4)c(-c4ccccn4)n3)CC2)c1. The molecule has 4 aromatic rings. The third-order valence-corrected chi connectivity index (χ3v) is 6.08. The maximum absolute atomic E-state index is 13.1. The van der Waals surface area contributed by atoms with Crippen LogP contribution in [0.15, 0.2) is 67.0 Å². The minimum absolute atomic E-state index is 0.0278. The number of piperidine rings is 1. The molecule has 11 heteroatoms. The van der Waals surface area contributed by atoms with Crippen molar-refractivity contribution in [3.8, 4) is 28.5 Å². The zero-order valence-corrected chi connectivity index (χ0v) is 19.6.